The van der Waals surface area contributed by atoms with E-state index in [1.54, 1.807) is 6.08 Å². The zero-order chi connectivity index (χ0) is 42.3. The standard InChI is InChI=1S/C52H92O6/c1-4-7-10-13-16-19-21-23-24-25-26-27-29-30-33-36-39-42-45-51(54)57-48-49(47-56-50(53)44-41-38-35-32-18-15-12-9-6-3)58-52(55)46-43-40-37-34-31-28-22-20-17-14-11-8-5-2/h9,12,18,28,31-32,38,41,49H,4-8,10-11,13-17,19-27,29-30,33-37,39-40,42-48H2,1-3H3/b12-9-,31-28-,32-18-,41-38-. The van der Waals surface area contributed by atoms with Gasteiger partial charge in [-0.25, -0.2) is 0 Å². The van der Waals surface area contributed by atoms with Gasteiger partial charge in [-0.3, -0.25) is 14.4 Å². The molecule has 0 saturated carbocycles. The van der Waals surface area contributed by atoms with E-state index in [1.807, 2.05) is 6.08 Å². The van der Waals surface area contributed by atoms with E-state index in [0.29, 0.717) is 12.8 Å². The lowest BCUT2D eigenvalue weighted by Gasteiger charge is -2.18. The van der Waals surface area contributed by atoms with Gasteiger partial charge in [0.2, 0.25) is 0 Å². The highest BCUT2D eigenvalue weighted by atomic mass is 16.6. The number of allylic oxidation sites excluding steroid dienone is 7. The van der Waals surface area contributed by atoms with Crippen molar-refractivity contribution in [3.05, 3.63) is 48.6 Å². The fourth-order valence-corrected chi connectivity index (χ4v) is 6.91. The minimum absolute atomic E-state index is 0.104. The van der Waals surface area contributed by atoms with Gasteiger partial charge in [-0.1, -0.05) is 217 Å². The summed E-state index contributed by atoms with van der Waals surface area (Å²) >= 11 is 0. The summed E-state index contributed by atoms with van der Waals surface area (Å²) in [4.78, 5) is 37.7. The molecule has 0 N–H and O–H groups in total. The van der Waals surface area contributed by atoms with Crippen molar-refractivity contribution in [1.82, 2.24) is 0 Å². The Morgan fingerprint density at radius 1 is 0.379 bits per heavy atom. The van der Waals surface area contributed by atoms with Gasteiger partial charge in [0, 0.05) is 12.8 Å². The van der Waals surface area contributed by atoms with Crippen LogP contribution in [0.3, 0.4) is 0 Å². The summed E-state index contributed by atoms with van der Waals surface area (Å²) in [6.07, 6.45) is 55.7. The van der Waals surface area contributed by atoms with Gasteiger partial charge in [-0.15, -0.1) is 0 Å². The van der Waals surface area contributed by atoms with E-state index >= 15 is 0 Å². The van der Waals surface area contributed by atoms with Crippen LogP contribution in [0.5, 0.6) is 0 Å². The van der Waals surface area contributed by atoms with Gasteiger partial charge in [0.1, 0.15) is 13.2 Å². The first-order chi connectivity index (χ1) is 28.5. The van der Waals surface area contributed by atoms with Crippen LogP contribution in [-0.2, 0) is 28.6 Å². The molecule has 0 aromatic carbocycles. The van der Waals surface area contributed by atoms with Gasteiger partial charge >= 0.3 is 17.9 Å². The third-order valence-electron chi connectivity index (χ3n) is 10.6. The fourth-order valence-electron chi connectivity index (χ4n) is 6.91. The summed E-state index contributed by atoms with van der Waals surface area (Å²) in [6.45, 7) is 6.41. The van der Waals surface area contributed by atoms with Crippen molar-refractivity contribution >= 4 is 17.9 Å². The first kappa shape index (κ1) is 55.4. The van der Waals surface area contributed by atoms with Crippen molar-refractivity contribution in [2.75, 3.05) is 13.2 Å². The van der Waals surface area contributed by atoms with Crippen LogP contribution in [-0.4, -0.2) is 37.2 Å². The number of ether oxygens (including phenoxy) is 3. The molecule has 0 aliphatic rings. The van der Waals surface area contributed by atoms with Gasteiger partial charge in [-0.2, -0.15) is 0 Å². The van der Waals surface area contributed by atoms with Crippen LogP contribution < -0.4 is 0 Å². The smallest absolute Gasteiger partial charge is 0.309 e. The van der Waals surface area contributed by atoms with Crippen molar-refractivity contribution < 1.29 is 28.6 Å². The molecule has 0 bridgehead atoms. The first-order valence-corrected chi connectivity index (χ1v) is 24.6. The Kier molecular flexibility index (Phi) is 44.9. The highest BCUT2D eigenvalue weighted by Gasteiger charge is 2.19. The quantitative estimate of drug-likeness (QED) is 0.0264. The second-order valence-electron chi connectivity index (χ2n) is 16.4. The Bertz CT molecular complexity index is 1030. The highest BCUT2D eigenvalue weighted by molar-refractivity contribution is 5.72. The molecule has 0 fully saturated rings. The summed E-state index contributed by atoms with van der Waals surface area (Å²) in [5, 5.41) is 0. The SMILES string of the molecule is CC/C=C\C/C=C\C/C=C\CC(=O)OCC(COC(=O)CCCCCCCCCCCCCCCCCCCC)OC(=O)CCCCC/C=C\CCCCCCCC. The zero-order valence-corrected chi connectivity index (χ0v) is 38.3. The lowest BCUT2D eigenvalue weighted by Crippen LogP contribution is -2.30. The number of hydrogen-bond donors (Lipinski definition) is 0. The molecule has 0 amide bonds. The van der Waals surface area contributed by atoms with Gasteiger partial charge in [0.05, 0.1) is 6.42 Å². The maximum Gasteiger partial charge on any atom is 0.309 e. The van der Waals surface area contributed by atoms with Crippen LogP contribution in [0.15, 0.2) is 48.6 Å². The molecule has 0 aliphatic carbocycles. The van der Waals surface area contributed by atoms with Crippen LogP contribution in [0.25, 0.3) is 0 Å². The fraction of sp³-hybridized carbons (Fsp3) is 0.788. The largest absolute Gasteiger partial charge is 0.462 e. The van der Waals surface area contributed by atoms with E-state index in [2.05, 4.69) is 57.2 Å². The van der Waals surface area contributed by atoms with Crippen molar-refractivity contribution in [1.29, 1.82) is 0 Å². The molecule has 6 heteroatoms. The molecule has 1 unspecified atom stereocenters. The number of esters is 3. The van der Waals surface area contributed by atoms with Crippen molar-refractivity contribution in [2.24, 2.45) is 0 Å². The molecule has 0 heterocycles. The average Bonchev–Trinajstić information content (AvgIpc) is 3.22. The second kappa shape index (κ2) is 47.1. The summed E-state index contributed by atoms with van der Waals surface area (Å²) < 4.78 is 16.6. The number of carbonyl (C=O) groups is 3. The molecular weight excluding hydrogens is 721 g/mol. The normalized spacial score (nSPS) is 12.4. The van der Waals surface area contributed by atoms with Crippen LogP contribution >= 0.6 is 0 Å². The molecule has 1 atom stereocenters. The molecule has 0 aliphatic heterocycles. The van der Waals surface area contributed by atoms with E-state index in [9.17, 15) is 14.4 Å². The Morgan fingerprint density at radius 2 is 0.741 bits per heavy atom. The Balaban J connectivity index is 4.34. The van der Waals surface area contributed by atoms with Crippen molar-refractivity contribution in [3.8, 4) is 0 Å². The van der Waals surface area contributed by atoms with E-state index in [0.717, 1.165) is 70.6 Å². The third-order valence-corrected chi connectivity index (χ3v) is 10.6. The maximum atomic E-state index is 12.7. The third kappa shape index (κ3) is 44.5. The lowest BCUT2D eigenvalue weighted by atomic mass is 10.0. The summed E-state index contributed by atoms with van der Waals surface area (Å²) in [5.41, 5.74) is 0. The number of hydrogen-bond acceptors (Lipinski definition) is 6. The molecule has 0 radical (unpaired) electrons. The van der Waals surface area contributed by atoms with Crippen LogP contribution in [0.2, 0.25) is 0 Å². The zero-order valence-electron chi connectivity index (χ0n) is 38.3. The Morgan fingerprint density at radius 3 is 1.21 bits per heavy atom. The molecule has 0 aromatic heterocycles. The van der Waals surface area contributed by atoms with Crippen LogP contribution in [0.1, 0.15) is 245 Å². The van der Waals surface area contributed by atoms with Gasteiger partial charge in [0.15, 0.2) is 6.10 Å². The number of unbranched alkanes of at least 4 members (excludes halogenated alkanes) is 26. The Hall–Kier alpha value is -2.63. The second-order valence-corrected chi connectivity index (χ2v) is 16.4. The van der Waals surface area contributed by atoms with E-state index in [-0.39, 0.29) is 31.6 Å². The molecule has 6 nitrogen and oxygen atoms in total. The molecule has 58 heavy (non-hydrogen) atoms. The Labute approximate surface area is 358 Å². The minimum atomic E-state index is -0.811. The van der Waals surface area contributed by atoms with E-state index < -0.39 is 12.1 Å². The topological polar surface area (TPSA) is 78.9 Å². The number of rotatable bonds is 44. The summed E-state index contributed by atoms with van der Waals surface area (Å²) in [7, 11) is 0. The monoisotopic (exact) mass is 813 g/mol. The van der Waals surface area contributed by atoms with Gasteiger partial charge in [-0.05, 0) is 57.8 Å². The van der Waals surface area contributed by atoms with E-state index in [4.69, 9.17) is 14.2 Å². The van der Waals surface area contributed by atoms with Gasteiger partial charge in [0.25, 0.3) is 0 Å². The minimum Gasteiger partial charge on any atom is -0.462 e. The van der Waals surface area contributed by atoms with Crippen LogP contribution in [0.4, 0.5) is 0 Å². The molecular formula is C52H92O6. The summed E-state index contributed by atoms with van der Waals surface area (Å²) in [6, 6.07) is 0. The number of carbonyl (C=O) groups excluding carboxylic acids is 3. The molecule has 0 spiro atoms. The predicted molar refractivity (Wildman–Crippen MR) is 247 cm³/mol. The van der Waals surface area contributed by atoms with E-state index in [1.165, 1.54) is 135 Å². The maximum absolute atomic E-state index is 12.7. The average molecular weight is 813 g/mol. The molecule has 0 aromatic rings. The summed E-state index contributed by atoms with van der Waals surface area (Å²) in [5.74, 6) is -1.05. The predicted octanol–water partition coefficient (Wildman–Crippen LogP) is 15.9. The molecule has 336 valence electrons. The highest BCUT2D eigenvalue weighted by Crippen LogP contribution is 2.15. The molecule has 0 saturated heterocycles. The first-order valence-electron chi connectivity index (χ1n) is 24.6. The lowest BCUT2D eigenvalue weighted by molar-refractivity contribution is -0.166. The molecule has 0 rings (SSSR count). The van der Waals surface area contributed by atoms with Gasteiger partial charge < -0.3 is 14.2 Å². The van der Waals surface area contributed by atoms with Crippen molar-refractivity contribution in [3.63, 3.8) is 0 Å². The van der Waals surface area contributed by atoms with Crippen molar-refractivity contribution in [2.45, 2.75) is 252 Å². The van der Waals surface area contributed by atoms with Crippen LogP contribution in [0, 0.1) is 0 Å².